The van der Waals surface area contributed by atoms with Crippen LogP contribution in [0, 0.1) is 12.7 Å². The van der Waals surface area contributed by atoms with E-state index in [9.17, 15) is 4.39 Å². The molecule has 9 nitrogen and oxygen atoms in total. The predicted molar refractivity (Wildman–Crippen MR) is 136 cm³/mol. The first-order valence-corrected chi connectivity index (χ1v) is 10.6. The van der Waals surface area contributed by atoms with Gasteiger partial charge in [-0.25, -0.2) is 14.4 Å². The lowest BCUT2D eigenvalue weighted by Crippen LogP contribution is -2.12. The maximum absolute atomic E-state index is 14.7. The molecule has 10 heteroatoms. The number of aryl methyl sites for hydroxylation is 1. The molecule has 0 spiro atoms. The van der Waals surface area contributed by atoms with Crippen molar-refractivity contribution < 1.29 is 9.13 Å². The molecule has 0 aliphatic carbocycles. The number of methoxy groups -OCH3 is 1. The van der Waals surface area contributed by atoms with E-state index in [1.165, 1.54) is 6.08 Å². The summed E-state index contributed by atoms with van der Waals surface area (Å²) < 4.78 is 21.9. The monoisotopic (exact) mass is 466 g/mol. The zero-order chi connectivity index (χ0) is 25.0. The summed E-state index contributed by atoms with van der Waals surface area (Å²) in [5.41, 5.74) is 9.96. The number of halogens is 1. The summed E-state index contributed by atoms with van der Waals surface area (Å²) in [5, 5.41) is 3.12. The zero-order valence-electron chi connectivity index (χ0n) is 20.4. The van der Waals surface area contributed by atoms with Gasteiger partial charge >= 0.3 is 0 Å². The Morgan fingerprint density at radius 3 is 2.65 bits per heavy atom. The Balaban J connectivity index is 2.03. The summed E-state index contributed by atoms with van der Waals surface area (Å²) in [6.45, 7) is 6.38. The second kappa shape index (κ2) is 10.3. The summed E-state index contributed by atoms with van der Waals surface area (Å²) in [5.74, 6) is 0.634. The molecular formula is C24H31FN8O. The quantitative estimate of drug-likeness (QED) is 0.366. The number of hydrogen-bond donors (Lipinski definition) is 2. The number of benzene rings is 1. The maximum atomic E-state index is 14.7. The average molecular weight is 467 g/mol. The van der Waals surface area contributed by atoms with Gasteiger partial charge < -0.3 is 30.2 Å². The highest BCUT2D eigenvalue weighted by Crippen LogP contribution is 2.39. The topological polar surface area (TPSA) is 96.8 Å². The van der Waals surface area contributed by atoms with E-state index in [1.54, 1.807) is 17.7 Å². The first-order chi connectivity index (χ1) is 16.1. The van der Waals surface area contributed by atoms with E-state index in [-0.39, 0.29) is 17.6 Å². The smallest absolute Gasteiger partial charge is 0.229 e. The largest absolute Gasteiger partial charge is 0.494 e. The number of ether oxygens (including phenoxy) is 1. The fraction of sp³-hybridized carbons (Fsp3) is 0.292. The van der Waals surface area contributed by atoms with Gasteiger partial charge in [0.05, 0.1) is 30.4 Å². The Bertz CT molecular complexity index is 1220. The molecule has 0 fully saturated rings. The van der Waals surface area contributed by atoms with E-state index >= 15 is 0 Å². The lowest BCUT2D eigenvalue weighted by atomic mass is 10.2. The number of nitrogens with one attached hydrogen (secondary N) is 1. The molecule has 2 heterocycles. The van der Waals surface area contributed by atoms with Gasteiger partial charge in [-0.3, -0.25) is 0 Å². The van der Waals surface area contributed by atoms with Crippen LogP contribution in [-0.2, 0) is 6.54 Å². The Labute approximate surface area is 199 Å². The fourth-order valence-corrected chi connectivity index (χ4v) is 3.40. The van der Waals surface area contributed by atoms with Gasteiger partial charge in [-0.2, -0.15) is 4.98 Å². The van der Waals surface area contributed by atoms with E-state index in [0.717, 1.165) is 29.6 Å². The third-order valence-electron chi connectivity index (χ3n) is 5.07. The van der Waals surface area contributed by atoms with E-state index in [0.29, 0.717) is 17.1 Å². The van der Waals surface area contributed by atoms with Crippen molar-refractivity contribution in [1.82, 2.24) is 19.4 Å². The molecule has 0 bridgehead atoms. The third-order valence-corrected chi connectivity index (χ3v) is 5.07. The molecule has 0 saturated carbocycles. The number of aromatic nitrogens is 3. The zero-order valence-corrected chi connectivity index (χ0v) is 20.4. The van der Waals surface area contributed by atoms with Gasteiger partial charge in [0, 0.05) is 39.1 Å². The Morgan fingerprint density at radius 1 is 1.29 bits per heavy atom. The summed E-state index contributed by atoms with van der Waals surface area (Å²) in [6.07, 6.45) is 6.34. The summed E-state index contributed by atoms with van der Waals surface area (Å²) in [4.78, 5) is 16.9. The van der Waals surface area contributed by atoms with Crippen molar-refractivity contribution in [2.75, 3.05) is 45.5 Å². The van der Waals surface area contributed by atoms with E-state index in [1.807, 2.05) is 58.5 Å². The molecule has 180 valence electrons. The number of rotatable bonds is 9. The Kier molecular flexibility index (Phi) is 7.52. The molecule has 3 aromatic rings. The van der Waals surface area contributed by atoms with Crippen LogP contribution in [-0.4, -0.2) is 60.6 Å². The van der Waals surface area contributed by atoms with Crippen molar-refractivity contribution in [1.29, 1.82) is 0 Å². The Morgan fingerprint density at radius 2 is 2.03 bits per heavy atom. The first kappa shape index (κ1) is 24.7. The third kappa shape index (κ3) is 5.52. The summed E-state index contributed by atoms with van der Waals surface area (Å²) in [7, 11) is 9.32. The number of nitrogens with two attached hydrogens (primary N) is 1. The van der Waals surface area contributed by atoms with Gasteiger partial charge in [0.15, 0.2) is 11.6 Å². The highest BCUT2D eigenvalue weighted by molar-refractivity contribution is 5.95. The predicted octanol–water partition coefficient (Wildman–Crippen LogP) is 3.77. The molecule has 0 aliphatic rings. The van der Waals surface area contributed by atoms with Crippen LogP contribution in [0.4, 0.5) is 27.4 Å². The van der Waals surface area contributed by atoms with Crippen LogP contribution in [0.25, 0.3) is 5.82 Å². The molecule has 0 amide bonds. The minimum Gasteiger partial charge on any atom is -0.494 e. The van der Waals surface area contributed by atoms with Crippen LogP contribution in [0.1, 0.15) is 11.1 Å². The van der Waals surface area contributed by atoms with Crippen molar-refractivity contribution >= 4 is 28.8 Å². The lowest BCUT2D eigenvalue weighted by molar-refractivity contribution is 0.401. The molecule has 1 aromatic carbocycles. The van der Waals surface area contributed by atoms with E-state index < -0.39 is 5.82 Å². The normalized spacial score (nSPS) is 11.6. The molecule has 0 radical (unpaired) electrons. The van der Waals surface area contributed by atoms with Gasteiger partial charge in [-0.15, -0.1) is 0 Å². The van der Waals surface area contributed by atoms with E-state index in [2.05, 4.69) is 31.8 Å². The van der Waals surface area contributed by atoms with Gasteiger partial charge in [-0.1, -0.05) is 6.58 Å². The number of hydrogen-bond acceptors (Lipinski definition) is 7. The van der Waals surface area contributed by atoms with Gasteiger partial charge in [0.1, 0.15) is 11.6 Å². The van der Waals surface area contributed by atoms with Crippen molar-refractivity contribution in [2.45, 2.75) is 13.5 Å². The fourth-order valence-electron chi connectivity index (χ4n) is 3.40. The molecular weight excluding hydrogens is 435 g/mol. The molecule has 0 atom stereocenters. The summed E-state index contributed by atoms with van der Waals surface area (Å²) in [6, 6.07) is 3.59. The molecule has 3 rings (SSSR count). The minimum atomic E-state index is -0.532. The van der Waals surface area contributed by atoms with Gasteiger partial charge in [0.2, 0.25) is 5.95 Å². The maximum Gasteiger partial charge on any atom is 0.229 e. The summed E-state index contributed by atoms with van der Waals surface area (Å²) >= 11 is 0. The van der Waals surface area contributed by atoms with E-state index in [4.69, 9.17) is 10.5 Å². The first-order valence-electron chi connectivity index (χ1n) is 10.6. The van der Waals surface area contributed by atoms with Crippen molar-refractivity contribution in [3.8, 4) is 11.6 Å². The Hall–Kier alpha value is -3.92. The minimum absolute atomic E-state index is 0.142. The average Bonchev–Trinajstić information content (AvgIpc) is 3.14. The van der Waals surface area contributed by atoms with Crippen molar-refractivity contribution in [3.63, 3.8) is 0 Å². The van der Waals surface area contributed by atoms with Gasteiger partial charge in [0.25, 0.3) is 0 Å². The van der Waals surface area contributed by atoms with Crippen LogP contribution in [0.15, 0.2) is 48.4 Å². The SMILES string of the molecule is C=CC(N)=Nc1cc(Nc2ncc(F)c(-n3cc(C)c(CN(C)C)c3)n2)c(OC)cc1N(C)C. The second-order valence-corrected chi connectivity index (χ2v) is 8.28. The second-order valence-electron chi connectivity index (χ2n) is 8.28. The standard InChI is InChI=1S/C24H31FN8O/c1-8-22(26)28-18-9-19(21(34-7)10-20(18)32(5)6)29-24-27-11-17(25)23(30-24)33-12-15(2)16(14-33)13-31(3)4/h8-12,14H,1,13H2,2-7H3,(H2,26,28)(H,27,29,30). The number of amidine groups is 1. The van der Waals surface area contributed by atoms with Crippen LogP contribution < -0.4 is 20.7 Å². The molecule has 34 heavy (non-hydrogen) atoms. The van der Waals surface area contributed by atoms with Crippen LogP contribution in [0.5, 0.6) is 5.75 Å². The number of nitrogens with zero attached hydrogens (tertiary/aromatic N) is 6. The van der Waals surface area contributed by atoms with Gasteiger partial charge in [-0.05, 0) is 44.3 Å². The van der Waals surface area contributed by atoms with Crippen LogP contribution in [0.3, 0.4) is 0 Å². The molecule has 2 aromatic heterocycles. The number of anilines is 3. The molecule has 3 N–H and O–H groups in total. The van der Waals surface area contributed by atoms with Crippen molar-refractivity contribution in [2.24, 2.45) is 10.7 Å². The molecule has 0 unspecified atom stereocenters. The lowest BCUT2D eigenvalue weighted by Gasteiger charge is -2.19. The molecule has 0 saturated heterocycles. The van der Waals surface area contributed by atoms with Crippen LogP contribution in [0.2, 0.25) is 0 Å². The number of aliphatic imine (C=N–C) groups is 1. The highest BCUT2D eigenvalue weighted by Gasteiger charge is 2.16. The van der Waals surface area contributed by atoms with Crippen molar-refractivity contribution in [3.05, 3.63) is 60.3 Å². The highest BCUT2D eigenvalue weighted by atomic mass is 19.1. The molecule has 0 aliphatic heterocycles. The van der Waals surface area contributed by atoms with Crippen LogP contribution >= 0.6 is 0 Å².